The number of anilines is 3. The molecule has 16 heteroatoms. The number of likely N-dealkylation sites (N-methyl/N-ethyl adjacent to an activating group) is 1. The van der Waals surface area contributed by atoms with Crippen molar-refractivity contribution in [2.75, 3.05) is 36.4 Å². The zero-order valence-corrected chi connectivity index (χ0v) is 41.2. The van der Waals surface area contributed by atoms with E-state index in [0.29, 0.717) is 11.4 Å². The zero-order chi connectivity index (χ0) is 45.7. The third kappa shape index (κ3) is 12.2. The van der Waals surface area contributed by atoms with Crippen LogP contribution in [0.5, 0.6) is 0 Å². The van der Waals surface area contributed by atoms with Crippen molar-refractivity contribution in [1.29, 1.82) is 0 Å². The van der Waals surface area contributed by atoms with Crippen LogP contribution >= 0.6 is 47.8 Å². The summed E-state index contributed by atoms with van der Waals surface area (Å²) in [4.78, 5) is 74.4. The van der Waals surface area contributed by atoms with E-state index in [1.807, 2.05) is 91.8 Å². The van der Waals surface area contributed by atoms with Gasteiger partial charge in [-0.05, 0) is 139 Å². The van der Waals surface area contributed by atoms with E-state index in [1.165, 1.54) is 28.9 Å². The van der Waals surface area contributed by atoms with E-state index in [-0.39, 0.29) is 30.2 Å². The van der Waals surface area contributed by atoms with Crippen LogP contribution in [0.4, 0.5) is 26.7 Å². The van der Waals surface area contributed by atoms with Crippen molar-refractivity contribution in [2.45, 2.75) is 101 Å². The number of nitrogens with one attached hydrogen (secondary N) is 1. The fraction of sp³-hybridized carbons (Fsp3) is 0.442. The van der Waals surface area contributed by atoms with Crippen molar-refractivity contribution in [3.8, 4) is 0 Å². The van der Waals surface area contributed by atoms with Gasteiger partial charge in [0.05, 0.1) is 31.0 Å². The summed E-state index contributed by atoms with van der Waals surface area (Å²) in [5, 5.41) is 2.62. The Morgan fingerprint density at radius 1 is 0.678 bits per heavy atom. The summed E-state index contributed by atoms with van der Waals surface area (Å²) in [6, 6.07) is 10.9. The van der Waals surface area contributed by atoms with E-state index in [0.717, 1.165) is 52.5 Å². The van der Waals surface area contributed by atoms with Gasteiger partial charge >= 0.3 is 18.1 Å². The molecule has 3 aromatic rings. The Kier molecular flexibility index (Phi) is 17.3. The SMILES string of the molecule is COC(=O)C(C)(C)N.COC(=O)Nc1cc(C)c(Br)c(C)c1.Cc1cc(N2C(=O)CC(C)(C)C2=O)cc(C)c1Br.Cc1cc(N2C(=O)N(C)C(C)(C)C2=O)cc(C)c1Br. The van der Waals surface area contributed by atoms with E-state index in [4.69, 9.17) is 5.73 Å². The minimum absolute atomic E-state index is 0.117. The molecule has 0 spiro atoms. The normalized spacial score (nSPS) is 15.4. The van der Waals surface area contributed by atoms with E-state index in [1.54, 1.807) is 34.7 Å². The molecule has 0 bridgehead atoms. The van der Waals surface area contributed by atoms with Crippen LogP contribution in [-0.2, 0) is 28.7 Å². The molecule has 0 atom stereocenters. The smallest absolute Gasteiger partial charge is 0.411 e. The third-order valence-corrected chi connectivity index (χ3v) is 13.4. The van der Waals surface area contributed by atoms with Gasteiger partial charge in [0.1, 0.15) is 11.1 Å². The van der Waals surface area contributed by atoms with E-state index in [9.17, 15) is 28.8 Å². The summed E-state index contributed by atoms with van der Waals surface area (Å²) >= 11 is 10.4. The lowest BCUT2D eigenvalue weighted by Gasteiger charge is -2.22. The quantitative estimate of drug-likeness (QED) is 0.147. The van der Waals surface area contributed by atoms with Crippen LogP contribution in [0.3, 0.4) is 0 Å². The third-order valence-electron chi connectivity index (χ3n) is 9.61. The Balaban J connectivity index is 0.000000282. The number of ether oxygens (including phenoxy) is 2. The molecule has 5 rings (SSSR count). The summed E-state index contributed by atoms with van der Waals surface area (Å²) in [5.74, 6) is -0.821. The maximum Gasteiger partial charge on any atom is 0.411 e. The molecule has 2 saturated heterocycles. The fourth-order valence-corrected chi connectivity index (χ4v) is 6.57. The standard InChI is InChI=1S/C14H17BrN2O2.C14H16BrNO2.C10H12BrNO2.C5H11NO2/c1-8-6-10(7-9(2)11(8)15)17-12(18)14(3,4)16(5)13(17)19;1-8-5-10(6-9(2)12(8)15)16-11(17)7-14(3,4)13(16)18;1-6-4-8(12-10(13)14-3)5-7(2)9(6)11;1-5(2,6)4(7)8-3/h6-7H,1-5H3;5-6H,7H2,1-4H3;4-5H,1-3H3,(H,12,13);6H2,1-3H3. The minimum Gasteiger partial charge on any atom is -0.468 e. The zero-order valence-electron chi connectivity index (χ0n) is 36.5. The summed E-state index contributed by atoms with van der Waals surface area (Å²) < 4.78 is 11.9. The molecule has 0 aliphatic carbocycles. The highest BCUT2D eigenvalue weighted by Crippen LogP contribution is 2.37. The lowest BCUT2D eigenvalue weighted by Crippen LogP contribution is -2.42. The van der Waals surface area contributed by atoms with E-state index in [2.05, 4.69) is 62.6 Å². The second-order valence-corrected chi connectivity index (χ2v) is 18.6. The maximum absolute atomic E-state index is 12.4. The molecule has 3 N–H and O–H groups in total. The van der Waals surface area contributed by atoms with Crippen LogP contribution in [0.25, 0.3) is 0 Å². The average Bonchev–Trinajstić information content (AvgIpc) is 3.44. The first-order chi connectivity index (χ1) is 26.9. The molecule has 13 nitrogen and oxygen atoms in total. The van der Waals surface area contributed by atoms with Crippen LogP contribution in [-0.4, -0.2) is 73.1 Å². The summed E-state index contributed by atoms with van der Waals surface area (Å²) in [5.41, 5.74) is 11.3. The molecular formula is C43H56Br3N5O8. The highest BCUT2D eigenvalue weighted by atomic mass is 79.9. The molecule has 2 aliphatic heterocycles. The summed E-state index contributed by atoms with van der Waals surface area (Å²) in [6.07, 6.45) is -0.175. The molecule has 2 aliphatic rings. The van der Waals surface area contributed by atoms with Gasteiger partial charge in [-0.2, -0.15) is 0 Å². The van der Waals surface area contributed by atoms with Crippen LogP contribution in [0, 0.1) is 47.0 Å². The van der Waals surface area contributed by atoms with Crippen LogP contribution in [0.2, 0.25) is 0 Å². The number of urea groups is 1. The molecule has 0 aromatic heterocycles. The Labute approximate surface area is 373 Å². The number of nitrogens with zero attached hydrogens (tertiary/aromatic N) is 3. The number of esters is 1. The van der Waals surface area contributed by atoms with Crippen LogP contribution < -0.4 is 20.9 Å². The van der Waals surface area contributed by atoms with Gasteiger partial charge in [-0.25, -0.2) is 14.5 Å². The van der Waals surface area contributed by atoms with Crippen molar-refractivity contribution in [2.24, 2.45) is 11.1 Å². The van der Waals surface area contributed by atoms with Gasteiger partial charge in [0, 0.05) is 32.6 Å². The molecular weight excluding hydrogens is 954 g/mol. The van der Waals surface area contributed by atoms with Gasteiger partial charge in [-0.1, -0.05) is 61.6 Å². The number of aryl methyl sites for hydroxylation is 6. The van der Waals surface area contributed by atoms with E-state index < -0.39 is 28.6 Å². The first-order valence-corrected chi connectivity index (χ1v) is 20.8. The lowest BCUT2D eigenvalue weighted by atomic mass is 9.92. The number of hydrogen-bond acceptors (Lipinski definition) is 9. The largest absolute Gasteiger partial charge is 0.468 e. The number of halogens is 3. The second kappa shape index (κ2) is 20.0. The van der Waals surface area contributed by atoms with Crippen molar-refractivity contribution in [3.05, 3.63) is 83.2 Å². The molecule has 59 heavy (non-hydrogen) atoms. The highest BCUT2D eigenvalue weighted by molar-refractivity contribution is 9.11. The predicted molar refractivity (Wildman–Crippen MR) is 243 cm³/mol. The topological polar surface area (TPSA) is 169 Å². The van der Waals surface area contributed by atoms with Crippen molar-refractivity contribution < 1.29 is 38.2 Å². The number of carbonyl (C=O) groups excluding carboxylic acids is 6. The monoisotopic (exact) mass is 1010 g/mol. The fourth-order valence-electron chi connectivity index (χ4n) is 5.88. The molecule has 0 unspecified atom stereocenters. The van der Waals surface area contributed by atoms with Crippen molar-refractivity contribution in [1.82, 2.24) is 4.90 Å². The van der Waals surface area contributed by atoms with Crippen molar-refractivity contribution >= 4 is 101 Å². The van der Waals surface area contributed by atoms with Gasteiger partial charge in [-0.15, -0.1) is 0 Å². The number of carbonyl (C=O) groups is 6. The molecule has 2 heterocycles. The first-order valence-electron chi connectivity index (χ1n) is 18.5. The second-order valence-electron chi connectivity index (χ2n) is 16.2. The van der Waals surface area contributed by atoms with Gasteiger partial charge in [0.15, 0.2) is 0 Å². The van der Waals surface area contributed by atoms with Gasteiger partial charge in [0.2, 0.25) is 11.8 Å². The Hall–Kier alpha value is -4.12. The van der Waals surface area contributed by atoms with Gasteiger partial charge < -0.3 is 20.1 Å². The van der Waals surface area contributed by atoms with Gasteiger partial charge in [-0.3, -0.25) is 29.4 Å². The van der Waals surface area contributed by atoms with Crippen molar-refractivity contribution in [3.63, 3.8) is 0 Å². The number of nitrogens with two attached hydrogens (primary N) is 1. The highest BCUT2D eigenvalue weighted by Gasteiger charge is 2.50. The Morgan fingerprint density at radius 3 is 1.32 bits per heavy atom. The number of benzene rings is 3. The molecule has 0 saturated carbocycles. The van der Waals surface area contributed by atoms with E-state index >= 15 is 0 Å². The number of methoxy groups -OCH3 is 2. The number of amides is 6. The number of rotatable bonds is 4. The lowest BCUT2D eigenvalue weighted by molar-refractivity contribution is -0.145. The first kappa shape index (κ1) is 51.0. The predicted octanol–water partition coefficient (Wildman–Crippen LogP) is 9.74. The summed E-state index contributed by atoms with van der Waals surface area (Å²) in [6.45, 7) is 22.1. The Morgan fingerprint density at radius 2 is 1.05 bits per heavy atom. The van der Waals surface area contributed by atoms with Crippen LogP contribution in [0.15, 0.2) is 49.8 Å². The molecule has 2 fully saturated rings. The molecule has 0 radical (unpaired) electrons. The summed E-state index contributed by atoms with van der Waals surface area (Å²) in [7, 11) is 4.31. The molecule has 6 amide bonds. The Bertz CT molecular complexity index is 2080. The average molecular weight is 1010 g/mol. The minimum atomic E-state index is -0.852. The molecule has 322 valence electrons. The number of hydrogen-bond donors (Lipinski definition) is 2. The maximum atomic E-state index is 12.4. The van der Waals surface area contributed by atoms with Gasteiger partial charge in [0.25, 0.3) is 5.91 Å². The van der Waals surface area contributed by atoms with Crippen LogP contribution in [0.1, 0.15) is 81.3 Å². The molecule has 3 aromatic carbocycles. The number of imide groups is 2.